The zero-order valence-electron chi connectivity index (χ0n) is 37.8. The number of ether oxygens (including phenoxy) is 2. The van der Waals surface area contributed by atoms with Crippen molar-refractivity contribution in [2.24, 2.45) is 20.5 Å². The lowest BCUT2D eigenvalue weighted by Crippen LogP contribution is -2.27. The number of azo groups is 2. The van der Waals surface area contributed by atoms with E-state index in [-0.39, 0.29) is 10.8 Å². The van der Waals surface area contributed by atoms with Crippen LogP contribution >= 0.6 is 0 Å². The minimum absolute atomic E-state index is 0.198. The predicted molar refractivity (Wildman–Crippen MR) is 263 cm³/mol. The first-order chi connectivity index (χ1) is 31.1. The van der Waals surface area contributed by atoms with Gasteiger partial charge in [0.05, 0.1) is 38.0 Å². The van der Waals surface area contributed by atoms with Gasteiger partial charge in [-0.2, -0.15) is 20.5 Å². The van der Waals surface area contributed by atoms with Crippen molar-refractivity contribution < 1.29 is 9.47 Å². The molecule has 0 unspecified atom stereocenters. The van der Waals surface area contributed by atoms with Gasteiger partial charge in [-0.05, 0) is 133 Å². The number of benzene rings is 6. The van der Waals surface area contributed by atoms with Gasteiger partial charge in [-0.1, -0.05) is 76.9 Å². The van der Waals surface area contributed by atoms with Crippen molar-refractivity contribution in [2.75, 3.05) is 47.7 Å². The van der Waals surface area contributed by atoms with Gasteiger partial charge in [0.15, 0.2) is 0 Å². The van der Waals surface area contributed by atoms with Gasteiger partial charge in [0.1, 0.15) is 11.5 Å². The summed E-state index contributed by atoms with van der Waals surface area (Å²) in [5.74, 6) is 1.66. The number of methoxy groups -OCH3 is 2. The summed E-state index contributed by atoms with van der Waals surface area (Å²) in [5, 5.41) is 25.3. The molecule has 0 amide bonds. The Morgan fingerprint density at radius 1 is 0.453 bits per heavy atom. The summed E-state index contributed by atoms with van der Waals surface area (Å²) in [7, 11) is 3.34. The minimum Gasteiger partial charge on any atom is -0.497 e. The van der Waals surface area contributed by atoms with Crippen molar-refractivity contribution in [3.63, 3.8) is 0 Å². The van der Waals surface area contributed by atoms with Gasteiger partial charge < -0.3 is 29.9 Å². The van der Waals surface area contributed by atoms with E-state index >= 15 is 0 Å². The highest BCUT2D eigenvalue weighted by Gasteiger charge is 2.41. The molecule has 0 radical (unpaired) electrons. The fraction of sp³-hybridized carbons (Fsp3) is 0.259. The van der Waals surface area contributed by atoms with Crippen molar-refractivity contribution >= 4 is 45.5 Å². The average Bonchev–Trinajstić information content (AvgIpc) is 3.67. The molecule has 2 aliphatic heterocycles. The number of nitrogens with zero attached hydrogens (tertiary/aromatic N) is 6. The van der Waals surface area contributed by atoms with Crippen LogP contribution in [0.15, 0.2) is 190 Å². The Balaban J connectivity index is 0.878. The number of rotatable bonds is 17. The van der Waals surface area contributed by atoms with Crippen LogP contribution in [-0.4, -0.2) is 27.3 Å². The molecule has 6 aromatic carbocycles. The number of allylic oxidation sites excluding steroid dienone is 2. The van der Waals surface area contributed by atoms with Crippen LogP contribution in [0.25, 0.3) is 0 Å². The maximum absolute atomic E-state index is 5.28. The van der Waals surface area contributed by atoms with Gasteiger partial charge in [-0.15, -0.1) is 0 Å². The van der Waals surface area contributed by atoms with Gasteiger partial charge in [0, 0.05) is 69.4 Å². The summed E-state index contributed by atoms with van der Waals surface area (Å²) in [5.41, 5.74) is 12.6. The van der Waals surface area contributed by atoms with Gasteiger partial charge in [-0.25, -0.2) is 0 Å². The molecule has 0 bridgehead atoms. The zero-order chi connectivity index (χ0) is 44.5. The highest BCUT2D eigenvalue weighted by molar-refractivity contribution is 5.71. The van der Waals surface area contributed by atoms with Crippen LogP contribution in [-0.2, 0) is 10.8 Å². The molecular weight excluding hydrogens is 793 g/mol. The second kappa shape index (κ2) is 19.5. The number of para-hydroxylation sites is 2. The van der Waals surface area contributed by atoms with Crippen molar-refractivity contribution in [3.8, 4) is 11.5 Å². The van der Waals surface area contributed by atoms with Crippen molar-refractivity contribution in [3.05, 3.63) is 181 Å². The molecule has 8 rings (SSSR count). The van der Waals surface area contributed by atoms with Crippen LogP contribution in [0, 0.1) is 0 Å². The number of anilines is 6. The Morgan fingerprint density at radius 3 is 1.16 bits per heavy atom. The second-order valence-corrected chi connectivity index (χ2v) is 17.3. The highest BCUT2D eigenvalue weighted by Crippen LogP contribution is 2.49. The zero-order valence-corrected chi connectivity index (χ0v) is 37.8. The molecule has 10 nitrogen and oxygen atoms in total. The topological polar surface area (TPSA) is 98.4 Å². The van der Waals surface area contributed by atoms with Crippen LogP contribution < -0.4 is 29.9 Å². The third-order valence-electron chi connectivity index (χ3n) is 12.3. The molecule has 0 spiro atoms. The van der Waals surface area contributed by atoms with Gasteiger partial charge >= 0.3 is 0 Å². The number of nitrogens with one attached hydrogen (secondary N) is 2. The Bertz CT molecular complexity index is 2450. The van der Waals surface area contributed by atoms with E-state index in [4.69, 9.17) is 9.47 Å². The van der Waals surface area contributed by atoms with Crippen molar-refractivity contribution in [1.29, 1.82) is 0 Å². The maximum Gasteiger partial charge on any atom is 0.119 e. The van der Waals surface area contributed by atoms with E-state index < -0.39 is 0 Å². The lowest BCUT2D eigenvalue weighted by atomic mass is 9.84. The number of fused-ring (bicyclic) bond motifs is 2. The lowest BCUT2D eigenvalue weighted by Gasteiger charge is -2.27. The molecule has 6 aromatic rings. The quantitative estimate of drug-likeness (QED) is 0.0700. The van der Waals surface area contributed by atoms with Crippen molar-refractivity contribution in [1.82, 2.24) is 0 Å². The summed E-state index contributed by atoms with van der Waals surface area (Å²) in [6.07, 6.45) is 8.27. The summed E-state index contributed by atoms with van der Waals surface area (Å²) in [6, 6.07) is 49.2. The first-order valence-corrected chi connectivity index (χ1v) is 22.1. The molecule has 326 valence electrons. The minimum atomic E-state index is -0.198. The lowest BCUT2D eigenvalue weighted by molar-refractivity contribution is 0.415. The summed E-state index contributed by atoms with van der Waals surface area (Å²) < 4.78 is 10.6. The van der Waals surface area contributed by atoms with E-state index in [0.717, 1.165) is 95.8 Å². The third-order valence-corrected chi connectivity index (χ3v) is 12.3. The Hall–Kier alpha value is -7.20. The van der Waals surface area contributed by atoms with Gasteiger partial charge in [-0.3, -0.25) is 0 Å². The SMILES string of the molecule is COc1ccc(Nc2ccc(N=N/C=C3/N(CCCCCCN4/C(=C/N=Nc5ccc(Nc6ccc(OC)cc6)cc5)C(C)(C)c5ccccc54)c4ccccc4C3(C)C)cc2)cc1. The number of hydrogen-bond donors (Lipinski definition) is 2. The van der Waals surface area contributed by atoms with E-state index in [9.17, 15) is 0 Å². The maximum atomic E-state index is 5.28. The molecule has 0 saturated carbocycles. The van der Waals surface area contributed by atoms with Crippen LogP contribution in [0.1, 0.15) is 64.5 Å². The fourth-order valence-electron chi connectivity index (χ4n) is 8.73. The van der Waals surface area contributed by atoms with Crippen LogP contribution in [0.2, 0.25) is 0 Å². The average molecular weight is 851 g/mol. The van der Waals surface area contributed by atoms with Crippen LogP contribution in [0.4, 0.5) is 45.5 Å². The number of unbranched alkanes of at least 4 members (excludes halogenated alkanes) is 3. The van der Waals surface area contributed by atoms with Crippen LogP contribution in [0.3, 0.4) is 0 Å². The highest BCUT2D eigenvalue weighted by atomic mass is 16.5. The van der Waals surface area contributed by atoms with E-state index in [1.165, 1.54) is 22.5 Å². The predicted octanol–water partition coefficient (Wildman–Crippen LogP) is 14.9. The first-order valence-electron chi connectivity index (χ1n) is 22.1. The Morgan fingerprint density at radius 2 is 0.797 bits per heavy atom. The normalized spacial score (nSPS) is 16.2. The Kier molecular flexibility index (Phi) is 13.2. The van der Waals surface area contributed by atoms with Crippen molar-refractivity contribution in [2.45, 2.75) is 64.2 Å². The summed E-state index contributed by atoms with van der Waals surface area (Å²) in [6.45, 7) is 11.0. The molecule has 2 aliphatic rings. The first kappa shape index (κ1) is 43.4. The molecule has 0 saturated heterocycles. The second-order valence-electron chi connectivity index (χ2n) is 17.3. The standard InChI is InChI=1S/C54H58N8O2/c1-53(2)47-15-9-11-17-49(47)61(51(53)37-55-59-43-23-19-39(20-24-43)57-41-27-31-45(63-5)32-28-41)35-13-7-8-14-36-62-50-18-12-10-16-48(50)54(3,4)52(62)38-56-60-44-25-21-40(22-26-44)58-42-29-33-46(64-6)34-30-42/h9-12,15-34,37-38,57-58H,7-8,13-14,35-36H2,1-6H3/b51-37+,52-38+,59-55?,60-56?. The monoisotopic (exact) mass is 850 g/mol. The van der Waals surface area contributed by atoms with E-state index in [1.54, 1.807) is 14.2 Å². The third kappa shape index (κ3) is 9.71. The molecule has 0 fully saturated rings. The van der Waals surface area contributed by atoms with E-state index in [2.05, 4.69) is 117 Å². The summed E-state index contributed by atoms with van der Waals surface area (Å²) >= 11 is 0. The molecule has 2 heterocycles. The fourth-order valence-corrected chi connectivity index (χ4v) is 8.73. The molecule has 0 aromatic heterocycles. The summed E-state index contributed by atoms with van der Waals surface area (Å²) in [4.78, 5) is 4.90. The van der Waals surface area contributed by atoms with E-state index in [1.807, 2.05) is 109 Å². The van der Waals surface area contributed by atoms with Gasteiger partial charge in [0.2, 0.25) is 0 Å². The molecule has 0 atom stereocenters. The van der Waals surface area contributed by atoms with E-state index in [0.29, 0.717) is 0 Å². The van der Waals surface area contributed by atoms with Gasteiger partial charge in [0.25, 0.3) is 0 Å². The molecule has 64 heavy (non-hydrogen) atoms. The smallest absolute Gasteiger partial charge is 0.119 e. The molecular formula is C54H58N8O2. The largest absolute Gasteiger partial charge is 0.497 e. The molecule has 10 heteroatoms. The molecule has 0 aliphatic carbocycles. The number of hydrogen-bond acceptors (Lipinski definition) is 10. The Labute approximate surface area is 378 Å². The molecule has 2 N–H and O–H groups in total. The van der Waals surface area contributed by atoms with Crippen LogP contribution in [0.5, 0.6) is 11.5 Å².